The number of nitrogens with two attached hydrogens (primary N) is 1. The number of rotatable bonds is 6. The van der Waals surface area contributed by atoms with E-state index in [0.717, 1.165) is 21.6 Å². The summed E-state index contributed by atoms with van der Waals surface area (Å²) in [6, 6.07) is 7.12. The molecule has 0 unspecified atom stereocenters. The first-order valence-electron chi connectivity index (χ1n) is 7.14. The highest BCUT2D eigenvalue weighted by molar-refractivity contribution is 7.19. The summed E-state index contributed by atoms with van der Waals surface area (Å²) < 4.78 is 1.07. The number of thiazole rings is 1. The van der Waals surface area contributed by atoms with Gasteiger partial charge in [0.2, 0.25) is 11.8 Å². The van der Waals surface area contributed by atoms with Crippen molar-refractivity contribution in [3.8, 4) is 0 Å². The van der Waals surface area contributed by atoms with Crippen LogP contribution < -0.4 is 11.1 Å². The predicted molar refractivity (Wildman–Crippen MR) is 89.2 cm³/mol. The average Bonchev–Trinajstić information content (AvgIpc) is 2.92. The van der Waals surface area contributed by atoms with Gasteiger partial charge in [-0.1, -0.05) is 32.4 Å². The fraction of sp³-hybridized carbons (Fsp3) is 0.312. The third-order valence-corrected chi connectivity index (χ3v) is 4.51. The molecule has 6 heteroatoms. The first-order chi connectivity index (χ1) is 10.5. The molecule has 0 radical (unpaired) electrons. The van der Waals surface area contributed by atoms with Crippen molar-refractivity contribution in [1.29, 1.82) is 0 Å². The number of aromatic nitrogens is 1. The lowest BCUT2D eigenvalue weighted by atomic mass is 9.98. The second-order valence-corrected chi connectivity index (χ2v) is 6.19. The van der Waals surface area contributed by atoms with Crippen molar-refractivity contribution in [2.75, 3.05) is 0 Å². The fourth-order valence-electron chi connectivity index (χ4n) is 2.04. The summed E-state index contributed by atoms with van der Waals surface area (Å²) in [5, 5.41) is 3.39. The molecule has 0 saturated carbocycles. The number of hydrogen-bond acceptors (Lipinski definition) is 4. The lowest BCUT2D eigenvalue weighted by Crippen LogP contribution is -2.47. The molecule has 2 amide bonds. The van der Waals surface area contributed by atoms with Gasteiger partial charge in [-0.2, -0.15) is 0 Å². The molecule has 22 heavy (non-hydrogen) atoms. The van der Waals surface area contributed by atoms with E-state index < -0.39 is 11.9 Å². The van der Waals surface area contributed by atoms with Gasteiger partial charge in [0, 0.05) is 6.08 Å². The van der Waals surface area contributed by atoms with E-state index in [2.05, 4.69) is 10.3 Å². The third-order valence-electron chi connectivity index (χ3n) is 3.50. The monoisotopic (exact) mass is 317 g/mol. The standard InChI is InChI=1S/C16H19N3O2S/c1-3-10(2)15(16(17)21)19-13(20)8-9-14-18-11-6-4-5-7-12(11)22-14/h4-10,15H,3H2,1-2H3,(H2,17,21)(H,19,20)/b9-8+/t10-,15-/m0/s1. The summed E-state index contributed by atoms with van der Waals surface area (Å²) >= 11 is 1.51. The zero-order valence-corrected chi connectivity index (χ0v) is 13.4. The molecule has 0 aliphatic heterocycles. The van der Waals surface area contributed by atoms with Crippen LogP contribution in [0.2, 0.25) is 0 Å². The molecular weight excluding hydrogens is 298 g/mol. The van der Waals surface area contributed by atoms with E-state index in [-0.39, 0.29) is 11.8 Å². The number of benzene rings is 1. The molecule has 2 aromatic rings. The van der Waals surface area contributed by atoms with Crippen molar-refractivity contribution in [1.82, 2.24) is 10.3 Å². The van der Waals surface area contributed by atoms with Crippen LogP contribution in [0.3, 0.4) is 0 Å². The van der Waals surface area contributed by atoms with Crippen LogP contribution in [0.25, 0.3) is 16.3 Å². The Morgan fingerprint density at radius 2 is 2.14 bits per heavy atom. The van der Waals surface area contributed by atoms with Crippen molar-refractivity contribution in [3.05, 3.63) is 35.3 Å². The highest BCUT2D eigenvalue weighted by Gasteiger charge is 2.22. The number of nitrogens with one attached hydrogen (secondary N) is 1. The molecule has 0 spiro atoms. The third kappa shape index (κ3) is 3.92. The summed E-state index contributed by atoms with van der Waals surface area (Å²) in [5.74, 6) is -0.864. The molecule has 2 atom stereocenters. The van der Waals surface area contributed by atoms with Gasteiger partial charge in [0.1, 0.15) is 11.0 Å². The Morgan fingerprint density at radius 3 is 2.77 bits per heavy atom. The van der Waals surface area contributed by atoms with Gasteiger partial charge in [0.05, 0.1) is 10.2 Å². The van der Waals surface area contributed by atoms with Crippen LogP contribution in [0.4, 0.5) is 0 Å². The van der Waals surface area contributed by atoms with Crippen LogP contribution >= 0.6 is 11.3 Å². The number of carbonyl (C=O) groups excluding carboxylic acids is 2. The number of fused-ring (bicyclic) bond motifs is 1. The predicted octanol–water partition coefficient (Wildman–Crippen LogP) is 2.33. The van der Waals surface area contributed by atoms with E-state index in [9.17, 15) is 9.59 Å². The fourth-order valence-corrected chi connectivity index (χ4v) is 2.91. The summed E-state index contributed by atoms with van der Waals surface area (Å²) in [4.78, 5) is 27.7. The number of carbonyl (C=O) groups is 2. The van der Waals surface area contributed by atoms with E-state index in [0.29, 0.717) is 0 Å². The van der Waals surface area contributed by atoms with Gasteiger partial charge in [-0.15, -0.1) is 11.3 Å². The second kappa shape index (κ2) is 7.17. The van der Waals surface area contributed by atoms with Crippen LogP contribution in [-0.4, -0.2) is 22.8 Å². The summed E-state index contributed by atoms with van der Waals surface area (Å²) in [5.41, 5.74) is 6.24. The van der Waals surface area contributed by atoms with Gasteiger partial charge in [-0.3, -0.25) is 9.59 Å². The molecule has 116 valence electrons. The first kappa shape index (κ1) is 16.2. The number of hydrogen-bond donors (Lipinski definition) is 2. The lowest BCUT2D eigenvalue weighted by Gasteiger charge is -2.20. The normalized spacial score (nSPS) is 14.1. The molecule has 0 saturated heterocycles. The van der Waals surface area contributed by atoms with Gasteiger partial charge in [-0.25, -0.2) is 4.98 Å². The largest absolute Gasteiger partial charge is 0.368 e. The van der Waals surface area contributed by atoms with Gasteiger partial charge < -0.3 is 11.1 Å². The Bertz CT molecular complexity index is 675. The van der Waals surface area contributed by atoms with Gasteiger partial charge in [0.25, 0.3) is 0 Å². The second-order valence-electron chi connectivity index (χ2n) is 5.13. The Kier molecular flexibility index (Phi) is 5.27. The SMILES string of the molecule is CC[C@H](C)[C@H](NC(=O)/C=C/c1nc2ccccc2s1)C(N)=O. The number of amides is 2. The van der Waals surface area contributed by atoms with E-state index in [1.54, 1.807) is 6.08 Å². The van der Waals surface area contributed by atoms with Gasteiger partial charge in [0.15, 0.2) is 0 Å². The molecule has 0 aliphatic rings. The van der Waals surface area contributed by atoms with Crippen LogP contribution in [-0.2, 0) is 9.59 Å². The van der Waals surface area contributed by atoms with E-state index in [4.69, 9.17) is 5.73 Å². The van der Waals surface area contributed by atoms with E-state index in [1.807, 2.05) is 38.1 Å². The van der Waals surface area contributed by atoms with Crippen LogP contribution in [0.15, 0.2) is 30.3 Å². The molecule has 2 rings (SSSR count). The van der Waals surface area contributed by atoms with Crippen molar-refractivity contribution >= 4 is 39.4 Å². The topological polar surface area (TPSA) is 85.1 Å². The minimum Gasteiger partial charge on any atom is -0.368 e. The van der Waals surface area contributed by atoms with Crippen molar-refractivity contribution in [2.24, 2.45) is 11.7 Å². The first-order valence-corrected chi connectivity index (χ1v) is 7.96. The number of nitrogens with zero attached hydrogens (tertiary/aromatic N) is 1. The quantitative estimate of drug-likeness (QED) is 0.802. The average molecular weight is 317 g/mol. The van der Waals surface area contributed by atoms with Crippen molar-refractivity contribution in [2.45, 2.75) is 26.3 Å². The molecular formula is C16H19N3O2S. The summed E-state index contributed by atoms with van der Waals surface area (Å²) in [6.07, 6.45) is 3.79. The molecule has 1 aromatic heterocycles. The number of primary amides is 1. The molecule has 3 N–H and O–H groups in total. The Hall–Kier alpha value is -2.21. The molecule has 0 bridgehead atoms. The maximum atomic E-state index is 11.9. The molecule has 1 heterocycles. The van der Waals surface area contributed by atoms with Gasteiger partial charge >= 0.3 is 0 Å². The Labute approximate surface area is 133 Å². The van der Waals surface area contributed by atoms with Crippen molar-refractivity contribution < 1.29 is 9.59 Å². The Balaban J connectivity index is 2.05. The van der Waals surface area contributed by atoms with Crippen LogP contribution in [0, 0.1) is 5.92 Å². The molecule has 0 aliphatic carbocycles. The van der Waals surface area contributed by atoms with Crippen molar-refractivity contribution in [3.63, 3.8) is 0 Å². The van der Waals surface area contributed by atoms with Gasteiger partial charge in [-0.05, 0) is 24.1 Å². The van der Waals surface area contributed by atoms with E-state index in [1.165, 1.54) is 17.4 Å². The zero-order chi connectivity index (χ0) is 16.1. The van der Waals surface area contributed by atoms with Crippen LogP contribution in [0.5, 0.6) is 0 Å². The molecule has 5 nitrogen and oxygen atoms in total. The maximum Gasteiger partial charge on any atom is 0.244 e. The minimum absolute atomic E-state index is 0.00250. The summed E-state index contributed by atoms with van der Waals surface area (Å²) in [7, 11) is 0. The minimum atomic E-state index is -0.655. The highest BCUT2D eigenvalue weighted by Crippen LogP contribution is 2.22. The Morgan fingerprint density at radius 1 is 1.41 bits per heavy atom. The zero-order valence-electron chi connectivity index (χ0n) is 12.6. The van der Waals surface area contributed by atoms with E-state index >= 15 is 0 Å². The smallest absolute Gasteiger partial charge is 0.244 e. The number of para-hydroxylation sites is 1. The molecule has 0 fully saturated rings. The van der Waals surface area contributed by atoms with Crippen LogP contribution in [0.1, 0.15) is 25.3 Å². The highest BCUT2D eigenvalue weighted by atomic mass is 32.1. The lowest BCUT2D eigenvalue weighted by molar-refractivity contribution is -0.126. The molecule has 1 aromatic carbocycles. The summed E-state index contributed by atoms with van der Waals surface area (Å²) in [6.45, 7) is 3.83. The maximum absolute atomic E-state index is 11.9.